The molecule has 2 aliphatic heterocycles. The molecular formula is C46H54N8O6S. The number of fused-ring (bicyclic) bond motifs is 1. The number of hydrogen-bond donors (Lipinski definition) is 3. The summed E-state index contributed by atoms with van der Waals surface area (Å²) < 4.78 is 35.7. The van der Waals surface area contributed by atoms with Crippen molar-refractivity contribution in [1.29, 1.82) is 0 Å². The minimum Gasteiger partial charge on any atom is -0.455 e. The summed E-state index contributed by atoms with van der Waals surface area (Å²) in [5, 5.41) is 15.3. The number of amides is 1. The molecule has 2 saturated heterocycles. The Labute approximate surface area is 356 Å². The van der Waals surface area contributed by atoms with Crippen LogP contribution in [-0.4, -0.2) is 71.3 Å². The fraction of sp³-hybridized carbons (Fsp3) is 0.457. The second kappa shape index (κ2) is 17.1. The van der Waals surface area contributed by atoms with Crippen molar-refractivity contribution in [3.05, 3.63) is 106 Å². The van der Waals surface area contributed by atoms with Gasteiger partial charge in [0, 0.05) is 55.1 Å². The van der Waals surface area contributed by atoms with Crippen molar-refractivity contribution in [2.45, 2.75) is 101 Å². The number of aromatic amines is 1. The van der Waals surface area contributed by atoms with E-state index in [9.17, 15) is 23.3 Å². The summed E-state index contributed by atoms with van der Waals surface area (Å²) in [7, 11) is -4.63. The van der Waals surface area contributed by atoms with Crippen LogP contribution < -0.4 is 19.7 Å². The van der Waals surface area contributed by atoms with Gasteiger partial charge >= 0.3 is 0 Å². The van der Waals surface area contributed by atoms with E-state index in [1.54, 1.807) is 30.6 Å². The van der Waals surface area contributed by atoms with Crippen molar-refractivity contribution >= 4 is 44.0 Å². The van der Waals surface area contributed by atoms with Gasteiger partial charge in [0.1, 0.15) is 22.8 Å². The average Bonchev–Trinajstić information content (AvgIpc) is 3.95. The van der Waals surface area contributed by atoms with Gasteiger partial charge in [-0.15, -0.1) is 0 Å². The van der Waals surface area contributed by atoms with Crippen LogP contribution in [0.5, 0.6) is 11.5 Å². The number of hydrogen-bond acceptors (Lipinski definition) is 11. The Hall–Kier alpha value is -5.54. The second-order valence-electron chi connectivity index (χ2n) is 17.5. The zero-order valence-electron chi connectivity index (χ0n) is 34.6. The number of piperidine rings is 1. The minimum atomic E-state index is -4.63. The third-order valence-corrected chi connectivity index (χ3v) is 15.0. The van der Waals surface area contributed by atoms with Crippen molar-refractivity contribution < 1.29 is 22.9 Å². The maximum absolute atomic E-state index is 13.9. The highest BCUT2D eigenvalue weighted by Crippen LogP contribution is 2.54. The van der Waals surface area contributed by atoms with E-state index >= 15 is 0 Å². The first-order valence-electron chi connectivity index (χ1n) is 21.9. The molecule has 2 saturated carbocycles. The largest absolute Gasteiger partial charge is 0.455 e. The number of anilines is 2. The number of likely N-dealkylation sites (tertiary alicyclic amines) is 1. The predicted octanol–water partition coefficient (Wildman–Crippen LogP) is 8.92. The lowest BCUT2D eigenvalue weighted by molar-refractivity contribution is -0.384. The van der Waals surface area contributed by atoms with Gasteiger partial charge < -0.3 is 19.9 Å². The summed E-state index contributed by atoms with van der Waals surface area (Å²) in [6.07, 6.45) is 18.0. The van der Waals surface area contributed by atoms with Gasteiger partial charge in [0.15, 0.2) is 5.03 Å². The highest BCUT2D eigenvalue weighted by Gasteiger charge is 2.50. The number of nitro groups is 1. The summed E-state index contributed by atoms with van der Waals surface area (Å²) in [5.74, 6) is -0.0559. The molecule has 15 heteroatoms. The number of pyridine rings is 2. The van der Waals surface area contributed by atoms with Gasteiger partial charge in [0.2, 0.25) is 0 Å². The number of aromatic nitrogens is 3. The van der Waals surface area contributed by atoms with Crippen molar-refractivity contribution in [1.82, 2.24) is 24.6 Å². The fourth-order valence-electron chi connectivity index (χ4n) is 10.4. The number of carbonyl (C=O) groups excluding carboxylic acids is 1. The van der Waals surface area contributed by atoms with Gasteiger partial charge in [0.05, 0.1) is 28.9 Å². The zero-order chi connectivity index (χ0) is 42.1. The van der Waals surface area contributed by atoms with Crippen LogP contribution in [0.2, 0.25) is 0 Å². The van der Waals surface area contributed by atoms with Crippen molar-refractivity contribution in [3.63, 3.8) is 0 Å². The number of H-pyrrole nitrogens is 1. The van der Waals surface area contributed by atoms with E-state index in [1.807, 2.05) is 12.1 Å². The van der Waals surface area contributed by atoms with Gasteiger partial charge in [-0.1, -0.05) is 50.5 Å². The molecule has 320 valence electrons. The van der Waals surface area contributed by atoms with E-state index in [-0.39, 0.29) is 17.0 Å². The van der Waals surface area contributed by atoms with Gasteiger partial charge in [-0.05, 0) is 111 Å². The van der Waals surface area contributed by atoms with Crippen LogP contribution in [0.15, 0.2) is 84.3 Å². The number of nitrogens with one attached hydrogen (secondary N) is 3. The van der Waals surface area contributed by atoms with Crippen LogP contribution in [0.1, 0.15) is 105 Å². The number of ether oxygens (including phenoxy) is 1. The molecule has 1 amide bonds. The van der Waals surface area contributed by atoms with Crippen molar-refractivity contribution in [2.75, 3.05) is 36.4 Å². The minimum absolute atomic E-state index is 0.0260. The SMILES string of the molecule is CCc1ccccc1[C@@H]1CCCN1C1CC2(CCN(c3ccc(C(=O)NS(=O)(=O)c4cc([N+](=O)[O-])c(NCC5CCCCC5)cn4)c(Oc4cnc5[nH]ccc5c4)c3)CC2)C1. The molecular weight excluding hydrogens is 793 g/mol. The molecule has 3 aromatic heterocycles. The smallest absolute Gasteiger partial charge is 0.296 e. The Bertz CT molecular complexity index is 2520. The Kier molecular flexibility index (Phi) is 11.4. The third kappa shape index (κ3) is 8.54. The molecule has 2 aromatic carbocycles. The lowest BCUT2D eigenvalue weighted by Gasteiger charge is -2.56. The van der Waals surface area contributed by atoms with E-state index in [2.05, 4.69) is 66.0 Å². The molecule has 0 radical (unpaired) electrons. The second-order valence-corrected chi connectivity index (χ2v) is 19.1. The zero-order valence-corrected chi connectivity index (χ0v) is 35.5. The maximum Gasteiger partial charge on any atom is 0.296 e. The quantitative estimate of drug-likeness (QED) is 0.0762. The fourth-order valence-corrected chi connectivity index (χ4v) is 11.3. The molecule has 14 nitrogen and oxygen atoms in total. The molecule has 5 heterocycles. The van der Waals surface area contributed by atoms with Crippen molar-refractivity contribution in [3.8, 4) is 11.5 Å². The van der Waals surface area contributed by atoms with Gasteiger partial charge in [0.25, 0.3) is 21.6 Å². The molecule has 1 spiro atoms. The Morgan fingerprint density at radius 1 is 0.967 bits per heavy atom. The molecule has 1 atom stereocenters. The highest BCUT2D eigenvalue weighted by molar-refractivity contribution is 7.90. The molecule has 0 bridgehead atoms. The van der Waals surface area contributed by atoms with Gasteiger partial charge in [-0.25, -0.2) is 14.7 Å². The molecule has 61 heavy (non-hydrogen) atoms. The molecule has 4 fully saturated rings. The molecule has 3 N–H and O–H groups in total. The summed E-state index contributed by atoms with van der Waals surface area (Å²) >= 11 is 0. The first-order chi connectivity index (χ1) is 29.6. The average molecular weight is 847 g/mol. The lowest BCUT2D eigenvalue weighted by Crippen LogP contribution is -2.54. The third-order valence-electron chi connectivity index (χ3n) is 13.8. The van der Waals surface area contributed by atoms with Gasteiger partial charge in [-0.3, -0.25) is 19.8 Å². The lowest BCUT2D eigenvalue weighted by atomic mass is 9.59. The number of sulfonamides is 1. The first kappa shape index (κ1) is 40.8. The first-order valence-corrected chi connectivity index (χ1v) is 23.4. The summed E-state index contributed by atoms with van der Waals surface area (Å²) in [6, 6.07) is 19.8. The number of carbonyl (C=O) groups is 1. The Balaban J connectivity index is 0.905. The van der Waals surface area contributed by atoms with E-state index in [4.69, 9.17) is 4.74 Å². The normalized spacial score (nSPS) is 19.8. The van der Waals surface area contributed by atoms with Crippen LogP contribution in [0.25, 0.3) is 11.0 Å². The number of nitrogens with zero attached hydrogens (tertiary/aromatic N) is 5. The monoisotopic (exact) mass is 846 g/mol. The Morgan fingerprint density at radius 3 is 2.56 bits per heavy atom. The van der Waals surface area contributed by atoms with Gasteiger partial charge in [-0.2, -0.15) is 8.42 Å². The van der Waals surface area contributed by atoms with E-state index in [0.717, 1.165) is 87.9 Å². The summed E-state index contributed by atoms with van der Waals surface area (Å²) in [6.45, 7) is 5.63. The van der Waals surface area contributed by atoms with Crippen molar-refractivity contribution in [2.24, 2.45) is 11.3 Å². The summed E-state index contributed by atoms with van der Waals surface area (Å²) in [5.41, 5.74) is 4.49. The van der Waals surface area contributed by atoms with Crippen LogP contribution in [-0.2, 0) is 16.4 Å². The van der Waals surface area contributed by atoms with Crippen LogP contribution in [0.3, 0.4) is 0 Å². The molecule has 5 aromatic rings. The van der Waals surface area contributed by atoms with Crippen LogP contribution >= 0.6 is 0 Å². The molecule has 4 aliphatic rings. The van der Waals surface area contributed by atoms with E-state index in [0.29, 0.717) is 41.4 Å². The highest BCUT2D eigenvalue weighted by atomic mass is 32.2. The molecule has 9 rings (SSSR count). The molecule has 2 aliphatic carbocycles. The van der Waals surface area contributed by atoms with Crippen LogP contribution in [0.4, 0.5) is 17.1 Å². The molecule has 0 unspecified atom stereocenters. The standard InChI is InChI=1S/C46H54N8O6S/c1-2-32-11-6-7-12-37(32)40-13-8-20-53(40)35-26-46(27-35)17-21-52(22-18-46)34-14-15-38(42(24-34)60-36-23-33-16-19-47-44(33)50-29-36)45(55)51-61(58,59)43-25-41(54(56)57)39(30-49-43)48-28-31-9-4-3-5-10-31/h6-7,11-12,14-16,19,23-25,29-31,35,40,48H,2-5,8-10,13,17-18,20-22,26-28H2,1H3,(H,47,50)(H,51,55)/t40-/m0/s1. The predicted molar refractivity (Wildman–Crippen MR) is 235 cm³/mol. The summed E-state index contributed by atoms with van der Waals surface area (Å²) in [4.78, 5) is 42.0. The van der Waals surface area contributed by atoms with E-state index in [1.165, 1.54) is 43.2 Å². The number of rotatable bonds is 13. The maximum atomic E-state index is 13.9. The van der Waals surface area contributed by atoms with Crippen LogP contribution in [0, 0.1) is 21.4 Å². The van der Waals surface area contributed by atoms with E-state index < -0.39 is 31.6 Å². The topological polar surface area (TPSA) is 176 Å². The number of benzene rings is 2. The Morgan fingerprint density at radius 2 is 1.77 bits per heavy atom. The number of aryl methyl sites for hydroxylation is 1.